The number of alkyl halides is 1. The zero-order valence-corrected chi connectivity index (χ0v) is 12.2. The highest BCUT2D eigenvalue weighted by molar-refractivity contribution is 6.30. The van der Waals surface area contributed by atoms with Crippen LogP contribution in [0.15, 0.2) is 24.3 Å². The molecule has 1 N–H and O–H groups in total. The van der Waals surface area contributed by atoms with Gasteiger partial charge < -0.3 is 14.8 Å². The SMILES string of the molecule is COCC(CCCl)NC(=O)COc1cccc(Cl)c1. The number of nitrogens with one attached hydrogen (secondary N) is 1. The van der Waals surface area contributed by atoms with Crippen molar-refractivity contribution in [3.63, 3.8) is 0 Å². The lowest BCUT2D eigenvalue weighted by Crippen LogP contribution is -2.40. The van der Waals surface area contributed by atoms with Crippen LogP contribution in [0.25, 0.3) is 0 Å². The summed E-state index contributed by atoms with van der Waals surface area (Å²) < 4.78 is 10.3. The molecule has 19 heavy (non-hydrogen) atoms. The normalized spacial score (nSPS) is 11.9. The third kappa shape index (κ3) is 6.66. The molecule has 6 heteroatoms. The summed E-state index contributed by atoms with van der Waals surface area (Å²) in [6, 6.07) is 6.79. The van der Waals surface area contributed by atoms with Crippen molar-refractivity contribution in [3.05, 3.63) is 29.3 Å². The van der Waals surface area contributed by atoms with Gasteiger partial charge in [0.05, 0.1) is 12.6 Å². The minimum atomic E-state index is -0.216. The third-order valence-electron chi connectivity index (χ3n) is 2.36. The van der Waals surface area contributed by atoms with Crippen molar-refractivity contribution in [3.8, 4) is 5.75 Å². The van der Waals surface area contributed by atoms with Crippen molar-refractivity contribution in [1.29, 1.82) is 0 Å². The Bertz CT molecular complexity index is 395. The third-order valence-corrected chi connectivity index (χ3v) is 2.81. The van der Waals surface area contributed by atoms with E-state index in [0.717, 1.165) is 0 Å². The first-order valence-corrected chi connectivity index (χ1v) is 6.79. The van der Waals surface area contributed by atoms with Crippen LogP contribution in [-0.4, -0.2) is 38.2 Å². The number of rotatable bonds is 8. The number of halogens is 2. The lowest BCUT2D eigenvalue weighted by Gasteiger charge is -2.16. The van der Waals surface area contributed by atoms with Crippen LogP contribution in [0.4, 0.5) is 0 Å². The van der Waals surface area contributed by atoms with E-state index in [2.05, 4.69) is 5.32 Å². The summed E-state index contributed by atoms with van der Waals surface area (Å²) in [7, 11) is 1.58. The summed E-state index contributed by atoms with van der Waals surface area (Å²) >= 11 is 11.5. The maximum Gasteiger partial charge on any atom is 0.258 e. The molecule has 0 spiro atoms. The largest absolute Gasteiger partial charge is 0.484 e. The second-order valence-electron chi connectivity index (χ2n) is 3.94. The molecule has 4 nitrogen and oxygen atoms in total. The predicted molar refractivity (Wildman–Crippen MR) is 76.1 cm³/mol. The van der Waals surface area contributed by atoms with Crippen LogP contribution in [0, 0.1) is 0 Å². The van der Waals surface area contributed by atoms with Crippen LogP contribution in [-0.2, 0) is 9.53 Å². The first kappa shape index (κ1) is 16.1. The topological polar surface area (TPSA) is 47.6 Å². The Kier molecular flexibility index (Phi) is 7.63. The summed E-state index contributed by atoms with van der Waals surface area (Å²) in [6.45, 7) is 0.360. The molecule has 1 atom stereocenters. The van der Waals surface area contributed by atoms with E-state index in [1.807, 2.05) is 0 Å². The molecule has 0 radical (unpaired) electrons. The number of carbonyl (C=O) groups excluding carboxylic acids is 1. The van der Waals surface area contributed by atoms with E-state index < -0.39 is 0 Å². The summed E-state index contributed by atoms with van der Waals surface area (Å²) in [4.78, 5) is 11.7. The maximum absolute atomic E-state index is 11.7. The molecule has 1 aromatic rings. The van der Waals surface area contributed by atoms with E-state index in [0.29, 0.717) is 29.7 Å². The Morgan fingerprint density at radius 1 is 1.47 bits per heavy atom. The summed E-state index contributed by atoms with van der Waals surface area (Å²) in [5, 5.41) is 3.36. The van der Waals surface area contributed by atoms with Crippen LogP contribution in [0.3, 0.4) is 0 Å². The fourth-order valence-corrected chi connectivity index (χ4v) is 1.95. The van der Waals surface area contributed by atoms with Gasteiger partial charge in [0.2, 0.25) is 0 Å². The minimum absolute atomic E-state index is 0.0666. The highest BCUT2D eigenvalue weighted by Gasteiger charge is 2.12. The van der Waals surface area contributed by atoms with Gasteiger partial charge in [0.1, 0.15) is 5.75 Å². The van der Waals surface area contributed by atoms with Crippen molar-refractivity contribution in [2.75, 3.05) is 26.2 Å². The van der Waals surface area contributed by atoms with Gasteiger partial charge >= 0.3 is 0 Å². The van der Waals surface area contributed by atoms with Gasteiger partial charge in [0, 0.05) is 18.0 Å². The number of hydrogen-bond acceptors (Lipinski definition) is 3. The quantitative estimate of drug-likeness (QED) is 0.751. The van der Waals surface area contributed by atoms with Gasteiger partial charge in [0.15, 0.2) is 6.61 Å². The number of hydrogen-bond donors (Lipinski definition) is 1. The predicted octanol–water partition coefficient (Wildman–Crippen LogP) is 2.48. The fourth-order valence-electron chi connectivity index (χ4n) is 1.51. The number of benzene rings is 1. The Balaban J connectivity index is 2.37. The standard InChI is InChI=1S/C13H17Cl2NO3/c1-18-8-11(5-6-14)16-13(17)9-19-12-4-2-3-10(15)7-12/h2-4,7,11H,5-6,8-9H2,1H3,(H,16,17). The molecule has 1 amide bonds. The highest BCUT2D eigenvalue weighted by Crippen LogP contribution is 2.16. The van der Waals surface area contributed by atoms with E-state index in [1.165, 1.54) is 0 Å². The molecule has 0 saturated heterocycles. The number of ether oxygens (including phenoxy) is 2. The van der Waals surface area contributed by atoms with Crippen LogP contribution < -0.4 is 10.1 Å². The smallest absolute Gasteiger partial charge is 0.258 e. The molecule has 0 aromatic heterocycles. The summed E-state index contributed by atoms with van der Waals surface area (Å²) in [5.74, 6) is 0.805. The molecule has 1 unspecified atom stereocenters. The molecule has 0 fully saturated rings. The fraction of sp³-hybridized carbons (Fsp3) is 0.462. The highest BCUT2D eigenvalue weighted by atomic mass is 35.5. The van der Waals surface area contributed by atoms with Gasteiger partial charge in [-0.15, -0.1) is 11.6 Å². The van der Waals surface area contributed by atoms with Crippen molar-refractivity contribution in [1.82, 2.24) is 5.32 Å². The monoisotopic (exact) mass is 305 g/mol. The van der Waals surface area contributed by atoms with E-state index >= 15 is 0 Å². The molecular weight excluding hydrogens is 289 g/mol. The summed E-state index contributed by atoms with van der Waals surface area (Å²) in [6.07, 6.45) is 0.651. The molecule has 0 aliphatic carbocycles. The van der Waals surface area contributed by atoms with Crippen molar-refractivity contribution < 1.29 is 14.3 Å². The minimum Gasteiger partial charge on any atom is -0.484 e. The van der Waals surface area contributed by atoms with Crippen LogP contribution in [0.2, 0.25) is 5.02 Å². The Morgan fingerprint density at radius 2 is 2.26 bits per heavy atom. The molecule has 0 saturated carbocycles. The first-order valence-electron chi connectivity index (χ1n) is 5.88. The van der Waals surface area contributed by atoms with Crippen LogP contribution in [0.1, 0.15) is 6.42 Å². The Hall–Kier alpha value is -0.970. The molecule has 106 valence electrons. The zero-order valence-electron chi connectivity index (χ0n) is 10.7. The molecule has 1 rings (SSSR count). The van der Waals surface area contributed by atoms with E-state index in [1.54, 1.807) is 31.4 Å². The molecule has 0 aliphatic heterocycles. The van der Waals surface area contributed by atoms with Gasteiger partial charge in [-0.05, 0) is 24.6 Å². The number of amides is 1. The molecule has 0 heterocycles. The molecular formula is C13H17Cl2NO3. The number of carbonyl (C=O) groups is 1. The average molecular weight is 306 g/mol. The molecule has 1 aromatic carbocycles. The second-order valence-corrected chi connectivity index (χ2v) is 4.76. The average Bonchev–Trinajstić information content (AvgIpc) is 2.37. The molecule has 0 aliphatic rings. The van der Waals surface area contributed by atoms with E-state index in [9.17, 15) is 4.79 Å². The lowest BCUT2D eigenvalue weighted by molar-refractivity contribution is -0.124. The Morgan fingerprint density at radius 3 is 2.89 bits per heavy atom. The van der Waals surface area contributed by atoms with Crippen molar-refractivity contribution >= 4 is 29.1 Å². The van der Waals surface area contributed by atoms with Gasteiger partial charge in [-0.2, -0.15) is 0 Å². The number of methoxy groups -OCH3 is 1. The van der Waals surface area contributed by atoms with Crippen LogP contribution in [0.5, 0.6) is 5.75 Å². The van der Waals surface area contributed by atoms with Gasteiger partial charge in [-0.3, -0.25) is 4.79 Å². The molecule has 0 bridgehead atoms. The van der Waals surface area contributed by atoms with Crippen molar-refractivity contribution in [2.24, 2.45) is 0 Å². The van der Waals surface area contributed by atoms with Gasteiger partial charge in [-0.1, -0.05) is 17.7 Å². The van der Waals surface area contributed by atoms with E-state index in [-0.39, 0.29) is 18.6 Å². The van der Waals surface area contributed by atoms with Crippen LogP contribution >= 0.6 is 23.2 Å². The zero-order chi connectivity index (χ0) is 14.1. The van der Waals surface area contributed by atoms with Gasteiger partial charge in [-0.25, -0.2) is 0 Å². The lowest BCUT2D eigenvalue weighted by atomic mass is 10.2. The van der Waals surface area contributed by atoms with Gasteiger partial charge in [0.25, 0.3) is 5.91 Å². The summed E-state index contributed by atoms with van der Waals surface area (Å²) in [5.41, 5.74) is 0. The first-order chi connectivity index (χ1) is 9.15. The Labute approximate surface area is 123 Å². The van der Waals surface area contributed by atoms with E-state index in [4.69, 9.17) is 32.7 Å². The second kappa shape index (κ2) is 9.02. The maximum atomic E-state index is 11.7. The van der Waals surface area contributed by atoms with Crippen molar-refractivity contribution in [2.45, 2.75) is 12.5 Å².